The third-order valence-electron chi connectivity index (χ3n) is 2.21. The summed E-state index contributed by atoms with van der Waals surface area (Å²) in [6, 6.07) is 6.43. The fraction of sp³-hybridized carbons (Fsp3) is 0.364. The molecule has 0 aliphatic carbocycles. The number of aliphatic hydroxyl groups excluding tert-OH is 1. The largest absolute Gasteiger partial charge is 0.497 e. The number of ether oxygens (including phenoxy) is 1. The van der Waals surface area contributed by atoms with Gasteiger partial charge in [-0.1, -0.05) is 12.1 Å². The number of methoxy groups -OCH3 is 1. The van der Waals surface area contributed by atoms with Crippen LogP contribution in [0.1, 0.15) is 5.56 Å². The van der Waals surface area contributed by atoms with E-state index in [2.05, 4.69) is 5.32 Å². The van der Waals surface area contributed by atoms with Gasteiger partial charge in [0.05, 0.1) is 19.8 Å². The van der Waals surface area contributed by atoms with E-state index in [0.29, 0.717) is 6.42 Å². The zero-order valence-electron chi connectivity index (χ0n) is 9.14. The second kappa shape index (κ2) is 5.97. The number of carbonyl (C=O) groups excluding carboxylic acids is 1. The lowest BCUT2D eigenvalue weighted by atomic mass is 10.1. The molecule has 0 saturated carbocycles. The molecule has 0 spiro atoms. The van der Waals surface area contributed by atoms with E-state index >= 15 is 0 Å². The van der Waals surface area contributed by atoms with Gasteiger partial charge >= 0.3 is 6.03 Å². The highest BCUT2D eigenvalue weighted by molar-refractivity contribution is 5.72. The maximum atomic E-state index is 10.6. The summed E-state index contributed by atoms with van der Waals surface area (Å²) in [5.74, 6) is 0.771. The summed E-state index contributed by atoms with van der Waals surface area (Å²) in [6.45, 7) is -0.144. The minimum atomic E-state index is -0.632. The Morgan fingerprint density at radius 3 is 2.56 bits per heavy atom. The number of benzene rings is 1. The maximum absolute atomic E-state index is 10.6. The van der Waals surface area contributed by atoms with Crippen molar-refractivity contribution in [1.82, 2.24) is 5.32 Å². The van der Waals surface area contributed by atoms with Crippen LogP contribution in [0, 0.1) is 0 Å². The molecule has 0 bridgehead atoms. The van der Waals surface area contributed by atoms with Crippen LogP contribution in [0.4, 0.5) is 4.79 Å². The predicted molar refractivity (Wildman–Crippen MR) is 60.3 cm³/mol. The molecule has 1 unspecified atom stereocenters. The molecule has 0 radical (unpaired) electrons. The third kappa shape index (κ3) is 3.78. The first-order valence-electron chi connectivity index (χ1n) is 4.95. The molecule has 0 fully saturated rings. The van der Waals surface area contributed by atoms with Crippen molar-refractivity contribution >= 4 is 6.03 Å². The fourth-order valence-electron chi connectivity index (χ4n) is 1.41. The molecule has 16 heavy (non-hydrogen) atoms. The van der Waals surface area contributed by atoms with Gasteiger partial charge in [0.2, 0.25) is 0 Å². The normalized spacial score (nSPS) is 11.9. The lowest BCUT2D eigenvalue weighted by molar-refractivity contribution is 0.222. The van der Waals surface area contributed by atoms with Gasteiger partial charge in [0.15, 0.2) is 0 Å². The summed E-state index contributed by atoms with van der Waals surface area (Å²) >= 11 is 0. The minimum absolute atomic E-state index is 0.144. The highest BCUT2D eigenvalue weighted by Crippen LogP contribution is 2.12. The van der Waals surface area contributed by atoms with Gasteiger partial charge in [-0.3, -0.25) is 0 Å². The van der Waals surface area contributed by atoms with Crippen LogP contribution in [0.2, 0.25) is 0 Å². The first kappa shape index (κ1) is 12.3. The summed E-state index contributed by atoms with van der Waals surface area (Å²) in [5.41, 5.74) is 5.98. The number of carbonyl (C=O) groups is 1. The number of primary amides is 1. The smallest absolute Gasteiger partial charge is 0.312 e. The molecule has 0 saturated heterocycles. The molecule has 2 amide bonds. The first-order valence-corrected chi connectivity index (χ1v) is 4.95. The molecule has 1 rings (SSSR count). The summed E-state index contributed by atoms with van der Waals surface area (Å²) in [7, 11) is 1.60. The molecule has 0 aliphatic heterocycles. The molecule has 5 heteroatoms. The first-order chi connectivity index (χ1) is 7.65. The SMILES string of the molecule is COc1ccc(CC(CO)NC(N)=O)cc1. The Kier molecular flexibility index (Phi) is 4.60. The van der Waals surface area contributed by atoms with Crippen molar-refractivity contribution < 1.29 is 14.6 Å². The Labute approximate surface area is 94.2 Å². The molecule has 0 aromatic heterocycles. The number of nitrogens with one attached hydrogen (secondary N) is 1. The van der Waals surface area contributed by atoms with Crippen LogP contribution < -0.4 is 15.8 Å². The number of aliphatic hydroxyl groups is 1. The van der Waals surface area contributed by atoms with E-state index in [-0.39, 0.29) is 12.6 Å². The number of amides is 2. The van der Waals surface area contributed by atoms with Crippen molar-refractivity contribution in [3.05, 3.63) is 29.8 Å². The van der Waals surface area contributed by atoms with E-state index in [1.807, 2.05) is 24.3 Å². The second-order valence-corrected chi connectivity index (χ2v) is 3.44. The zero-order chi connectivity index (χ0) is 12.0. The number of hydrogen-bond acceptors (Lipinski definition) is 3. The van der Waals surface area contributed by atoms with Crippen molar-refractivity contribution in [3.63, 3.8) is 0 Å². The minimum Gasteiger partial charge on any atom is -0.497 e. The molecular weight excluding hydrogens is 208 g/mol. The molecule has 88 valence electrons. The summed E-state index contributed by atoms with van der Waals surface area (Å²) in [5, 5.41) is 11.5. The van der Waals surface area contributed by atoms with Gasteiger partial charge < -0.3 is 20.9 Å². The van der Waals surface area contributed by atoms with Gasteiger partial charge in [-0.2, -0.15) is 0 Å². The molecule has 1 atom stereocenters. The highest BCUT2D eigenvalue weighted by atomic mass is 16.5. The van der Waals surface area contributed by atoms with Crippen LogP contribution in [0.25, 0.3) is 0 Å². The Balaban J connectivity index is 2.59. The standard InChI is InChI=1S/C11H16N2O3/c1-16-10-4-2-8(3-5-10)6-9(7-14)13-11(12)15/h2-5,9,14H,6-7H2,1H3,(H3,12,13,15). The van der Waals surface area contributed by atoms with Gasteiger partial charge in [0, 0.05) is 0 Å². The van der Waals surface area contributed by atoms with Gasteiger partial charge in [0.1, 0.15) is 5.75 Å². The molecular formula is C11H16N2O3. The van der Waals surface area contributed by atoms with E-state index in [9.17, 15) is 4.79 Å². The van der Waals surface area contributed by atoms with Crippen molar-refractivity contribution in [2.75, 3.05) is 13.7 Å². The van der Waals surface area contributed by atoms with E-state index in [1.165, 1.54) is 0 Å². The zero-order valence-corrected chi connectivity index (χ0v) is 9.14. The fourth-order valence-corrected chi connectivity index (χ4v) is 1.41. The molecule has 1 aromatic carbocycles. The van der Waals surface area contributed by atoms with Crippen LogP contribution in [0.15, 0.2) is 24.3 Å². The van der Waals surface area contributed by atoms with E-state index in [4.69, 9.17) is 15.6 Å². The summed E-state index contributed by atoms with van der Waals surface area (Å²) in [6.07, 6.45) is 0.531. The van der Waals surface area contributed by atoms with Crippen LogP contribution in [0.3, 0.4) is 0 Å². The van der Waals surface area contributed by atoms with Gasteiger partial charge in [0.25, 0.3) is 0 Å². The van der Waals surface area contributed by atoms with Gasteiger partial charge in [-0.25, -0.2) is 4.79 Å². The van der Waals surface area contributed by atoms with Crippen molar-refractivity contribution in [1.29, 1.82) is 0 Å². The summed E-state index contributed by atoms with van der Waals surface area (Å²) < 4.78 is 5.03. The number of urea groups is 1. The Morgan fingerprint density at radius 2 is 2.12 bits per heavy atom. The van der Waals surface area contributed by atoms with E-state index < -0.39 is 6.03 Å². The number of hydrogen-bond donors (Lipinski definition) is 3. The molecule has 0 aliphatic rings. The average molecular weight is 224 g/mol. The van der Waals surface area contributed by atoms with Crippen molar-refractivity contribution in [2.45, 2.75) is 12.5 Å². The average Bonchev–Trinajstić information content (AvgIpc) is 2.28. The lowest BCUT2D eigenvalue weighted by Crippen LogP contribution is -2.42. The van der Waals surface area contributed by atoms with Crippen molar-refractivity contribution in [2.24, 2.45) is 5.73 Å². The molecule has 4 N–H and O–H groups in total. The maximum Gasteiger partial charge on any atom is 0.312 e. The van der Waals surface area contributed by atoms with Gasteiger partial charge in [-0.05, 0) is 24.1 Å². The third-order valence-corrected chi connectivity index (χ3v) is 2.21. The summed E-state index contributed by atoms with van der Waals surface area (Å²) in [4.78, 5) is 10.6. The lowest BCUT2D eigenvalue weighted by Gasteiger charge is -2.14. The topological polar surface area (TPSA) is 84.6 Å². The Bertz CT molecular complexity index is 338. The molecule has 5 nitrogen and oxygen atoms in total. The Hall–Kier alpha value is -1.75. The predicted octanol–water partition coefficient (Wildman–Crippen LogP) is 0.267. The monoisotopic (exact) mass is 224 g/mol. The number of rotatable bonds is 5. The van der Waals surface area contributed by atoms with E-state index in [1.54, 1.807) is 7.11 Å². The van der Waals surface area contributed by atoms with E-state index in [0.717, 1.165) is 11.3 Å². The second-order valence-electron chi connectivity index (χ2n) is 3.44. The highest BCUT2D eigenvalue weighted by Gasteiger charge is 2.09. The Morgan fingerprint density at radius 1 is 1.50 bits per heavy atom. The molecule has 1 aromatic rings. The van der Waals surface area contributed by atoms with Gasteiger partial charge in [-0.15, -0.1) is 0 Å². The number of nitrogens with two attached hydrogens (primary N) is 1. The van der Waals surface area contributed by atoms with Crippen LogP contribution in [-0.4, -0.2) is 30.9 Å². The van der Waals surface area contributed by atoms with Crippen molar-refractivity contribution in [3.8, 4) is 5.75 Å². The van der Waals surface area contributed by atoms with Crippen LogP contribution >= 0.6 is 0 Å². The quantitative estimate of drug-likeness (QED) is 0.671. The van der Waals surface area contributed by atoms with Crippen LogP contribution in [-0.2, 0) is 6.42 Å². The molecule has 0 heterocycles. The van der Waals surface area contributed by atoms with Crippen LogP contribution in [0.5, 0.6) is 5.75 Å².